The van der Waals surface area contributed by atoms with Crippen molar-refractivity contribution >= 4 is 29.8 Å². The van der Waals surface area contributed by atoms with Crippen molar-refractivity contribution in [3.05, 3.63) is 70.8 Å². The van der Waals surface area contributed by atoms with Crippen molar-refractivity contribution in [2.75, 3.05) is 7.11 Å². The molecular weight excluding hydrogens is 544 g/mol. The van der Waals surface area contributed by atoms with Gasteiger partial charge in [0, 0.05) is 30.5 Å². The molecule has 0 spiro atoms. The number of carbonyl (C=O) groups excluding carboxylic acids is 5. The van der Waals surface area contributed by atoms with Crippen molar-refractivity contribution in [1.29, 1.82) is 0 Å². The number of aromatic carboxylic acids is 1. The molecule has 2 bridgehead atoms. The summed E-state index contributed by atoms with van der Waals surface area (Å²) in [6.45, 7) is 4.93. The summed E-state index contributed by atoms with van der Waals surface area (Å²) in [6.07, 6.45) is 8.46. The van der Waals surface area contributed by atoms with Gasteiger partial charge in [0.15, 0.2) is 0 Å². The fourth-order valence-corrected chi connectivity index (χ4v) is 6.54. The van der Waals surface area contributed by atoms with E-state index in [0.717, 1.165) is 5.56 Å². The van der Waals surface area contributed by atoms with Gasteiger partial charge in [0.05, 0.1) is 13.1 Å². The van der Waals surface area contributed by atoms with Crippen LogP contribution in [0.25, 0.3) is 0 Å². The van der Waals surface area contributed by atoms with Crippen LogP contribution in [-0.4, -0.2) is 48.1 Å². The van der Waals surface area contributed by atoms with E-state index in [9.17, 15) is 29.1 Å². The van der Waals surface area contributed by atoms with Gasteiger partial charge in [-0.1, -0.05) is 42.5 Å². The number of ether oxygens (including phenoxy) is 3. The third kappa shape index (κ3) is 5.74. The lowest BCUT2D eigenvalue weighted by Gasteiger charge is -2.54. The first-order valence-corrected chi connectivity index (χ1v) is 13.5. The molecule has 226 valence electrons. The van der Waals surface area contributed by atoms with Crippen molar-refractivity contribution in [1.82, 2.24) is 11.5 Å². The minimum absolute atomic E-state index is 0. The maximum absolute atomic E-state index is 13.7. The molecule has 0 aromatic heterocycles. The molecule has 2 aliphatic carbocycles. The van der Waals surface area contributed by atoms with Crippen LogP contribution >= 0.6 is 0 Å². The molecule has 5 N–H and O–H groups in total. The van der Waals surface area contributed by atoms with E-state index in [0.29, 0.717) is 30.4 Å². The maximum Gasteiger partial charge on any atom is 0.333 e. The molecule has 3 aliphatic rings. The second kappa shape index (κ2) is 12.3. The number of hydrogen-bond acceptors (Lipinski definition) is 9. The van der Waals surface area contributed by atoms with Gasteiger partial charge in [-0.05, 0) is 63.2 Å². The van der Waals surface area contributed by atoms with Crippen LogP contribution in [0.2, 0.25) is 0 Å². The molecule has 1 saturated carbocycles. The summed E-state index contributed by atoms with van der Waals surface area (Å²) >= 11 is 0. The van der Waals surface area contributed by atoms with Crippen molar-refractivity contribution in [3.63, 3.8) is 0 Å². The number of carboxylic acid groups (broad SMARTS) is 1. The Morgan fingerprint density at radius 3 is 2.45 bits per heavy atom. The highest BCUT2D eigenvalue weighted by atomic mass is 16.6. The number of amides is 1. The minimum Gasteiger partial charge on any atom is -0.545 e. The van der Waals surface area contributed by atoms with Gasteiger partial charge in [0.2, 0.25) is 5.91 Å². The molecular formula is C31H38N2O9. The number of esters is 3. The normalized spacial score (nSPS) is 28.4. The van der Waals surface area contributed by atoms with Crippen LogP contribution in [0.1, 0.15) is 68.8 Å². The zero-order valence-corrected chi connectivity index (χ0v) is 24.6. The number of benzene rings is 1. The molecule has 11 heteroatoms. The molecule has 1 aromatic rings. The average Bonchev–Trinajstić information content (AvgIpc) is 3.08. The zero-order valence-electron chi connectivity index (χ0n) is 24.6. The minimum atomic E-state index is -1.27. The number of hydrogen-bond donors (Lipinski definition) is 2. The average molecular weight is 583 g/mol. The Labute approximate surface area is 244 Å². The summed E-state index contributed by atoms with van der Waals surface area (Å²) < 4.78 is 17.0. The smallest absolute Gasteiger partial charge is 0.333 e. The van der Waals surface area contributed by atoms with Crippen LogP contribution in [0.5, 0.6) is 0 Å². The SMILES string of the molecule is COC(=O)C1=CC[C@@]23CC[C@@H]([C@@](C)(/C=C/C=C(\C)C(=O)NCc4ccc(C(=O)[O-])cc4)OC2=O)[C@@]3(OC(C)=O)CC1.[NH4+]. The van der Waals surface area contributed by atoms with Crippen LogP contribution < -0.4 is 16.6 Å². The summed E-state index contributed by atoms with van der Waals surface area (Å²) in [5.41, 5.74) is -1.78. The first-order valence-electron chi connectivity index (χ1n) is 13.5. The summed E-state index contributed by atoms with van der Waals surface area (Å²) in [4.78, 5) is 61.9. The lowest BCUT2D eigenvalue weighted by atomic mass is 9.62. The standard InChI is InChI=1S/C31H35NO9.H3N/c1-19(25(34)32-18-21-7-9-22(10-8-21)26(35)36)6-5-14-29(3)24-13-16-30(28(38)41-29)15-11-23(27(37)39-4)12-17-31(24,30)40-20(2)33;/h5-11,14,24H,12-13,15-18H2,1-4H3,(H,32,34)(H,35,36);1H3/b14-5+,19-6+;/t24-,29+,30+,31-;/m0./s1. The van der Waals surface area contributed by atoms with E-state index in [4.69, 9.17) is 14.2 Å². The van der Waals surface area contributed by atoms with Crippen LogP contribution in [-0.2, 0) is 39.9 Å². The monoisotopic (exact) mass is 582 g/mol. The Balaban J connectivity index is 0.00000484. The van der Waals surface area contributed by atoms with Crippen LogP contribution in [0.4, 0.5) is 0 Å². The maximum atomic E-state index is 13.7. The van der Waals surface area contributed by atoms with Crippen molar-refractivity contribution in [3.8, 4) is 0 Å². The Kier molecular flexibility index (Phi) is 9.46. The topological polar surface area (TPSA) is 185 Å². The molecule has 1 amide bonds. The van der Waals surface area contributed by atoms with E-state index in [-0.39, 0.29) is 42.9 Å². The van der Waals surface area contributed by atoms with Crippen LogP contribution in [0, 0.1) is 11.3 Å². The van der Waals surface area contributed by atoms with Gasteiger partial charge < -0.3 is 35.6 Å². The molecule has 4 atom stereocenters. The van der Waals surface area contributed by atoms with Gasteiger partial charge in [-0.25, -0.2) is 4.79 Å². The molecule has 2 fully saturated rings. The quantitative estimate of drug-likeness (QED) is 0.201. The summed E-state index contributed by atoms with van der Waals surface area (Å²) in [5, 5.41) is 13.7. The Morgan fingerprint density at radius 2 is 1.83 bits per heavy atom. The van der Waals surface area contributed by atoms with Crippen LogP contribution in [0.3, 0.4) is 0 Å². The molecule has 0 radical (unpaired) electrons. The largest absolute Gasteiger partial charge is 0.545 e. The molecule has 1 aromatic carbocycles. The van der Waals surface area contributed by atoms with E-state index >= 15 is 0 Å². The van der Waals surface area contributed by atoms with E-state index < -0.39 is 40.5 Å². The Bertz CT molecular complexity index is 1360. The Hall–Kier alpha value is -4.25. The van der Waals surface area contributed by atoms with Gasteiger partial charge in [-0.15, -0.1) is 0 Å². The van der Waals surface area contributed by atoms with Gasteiger partial charge in [0.25, 0.3) is 0 Å². The van der Waals surface area contributed by atoms with E-state index in [1.165, 1.54) is 26.2 Å². The molecule has 0 unspecified atom stereocenters. The van der Waals surface area contributed by atoms with Crippen molar-refractivity contribution in [2.24, 2.45) is 11.3 Å². The number of rotatable bonds is 8. The van der Waals surface area contributed by atoms with Crippen molar-refractivity contribution < 1.29 is 43.3 Å². The van der Waals surface area contributed by atoms with Crippen LogP contribution in [0.15, 0.2) is 59.7 Å². The van der Waals surface area contributed by atoms with E-state index in [2.05, 4.69) is 5.32 Å². The fraction of sp³-hybridized carbons (Fsp3) is 0.452. The number of quaternary nitrogens is 1. The lowest BCUT2D eigenvalue weighted by Crippen LogP contribution is -2.65. The zero-order chi connectivity index (χ0) is 30.0. The molecule has 1 aliphatic heterocycles. The highest BCUT2D eigenvalue weighted by Gasteiger charge is 2.74. The number of carbonyl (C=O) groups is 5. The predicted octanol–water partition coefficient (Wildman–Crippen LogP) is 2.84. The Morgan fingerprint density at radius 1 is 1.14 bits per heavy atom. The van der Waals surface area contributed by atoms with Gasteiger partial charge in [0.1, 0.15) is 16.6 Å². The highest BCUT2D eigenvalue weighted by molar-refractivity contribution is 5.93. The van der Waals surface area contributed by atoms with E-state index in [1.807, 2.05) is 0 Å². The first-order chi connectivity index (χ1) is 19.4. The molecule has 4 rings (SSSR count). The van der Waals surface area contributed by atoms with Gasteiger partial charge in [-0.2, -0.15) is 0 Å². The molecule has 11 nitrogen and oxygen atoms in total. The van der Waals surface area contributed by atoms with Crippen molar-refractivity contribution in [2.45, 2.75) is 70.6 Å². The summed E-state index contributed by atoms with van der Waals surface area (Å²) in [6, 6.07) is 6.02. The molecule has 42 heavy (non-hydrogen) atoms. The number of methoxy groups -OCH3 is 1. The number of carboxylic acids is 1. The highest BCUT2D eigenvalue weighted by Crippen LogP contribution is 2.65. The fourth-order valence-electron chi connectivity index (χ4n) is 6.54. The third-order valence-electron chi connectivity index (χ3n) is 8.64. The lowest BCUT2D eigenvalue weighted by molar-refractivity contribution is -0.255. The van der Waals surface area contributed by atoms with Gasteiger partial charge in [-0.3, -0.25) is 14.4 Å². The van der Waals surface area contributed by atoms with Gasteiger partial charge >= 0.3 is 17.9 Å². The summed E-state index contributed by atoms with van der Waals surface area (Å²) in [7, 11) is 1.30. The number of allylic oxidation sites excluding steroid dienone is 3. The molecule has 1 saturated heterocycles. The number of cyclic esters (lactones) is 1. The van der Waals surface area contributed by atoms with E-state index in [1.54, 1.807) is 50.3 Å². The third-order valence-corrected chi connectivity index (χ3v) is 8.64. The summed E-state index contributed by atoms with van der Waals surface area (Å²) in [5.74, 6) is -3.43. The predicted molar refractivity (Wildman–Crippen MR) is 150 cm³/mol. The first kappa shape index (κ1) is 32.3. The second-order valence-corrected chi connectivity index (χ2v) is 11.0. The molecule has 1 heterocycles. The number of nitrogens with one attached hydrogen (secondary N) is 1. The second-order valence-electron chi connectivity index (χ2n) is 11.0.